The van der Waals surface area contributed by atoms with E-state index < -0.39 is 10.0 Å². The summed E-state index contributed by atoms with van der Waals surface area (Å²) in [5.41, 5.74) is 1.92. The Balaban J connectivity index is 1.70. The quantitative estimate of drug-likeness (QED) is 0.605. The van der Waals surface area contributed by atoms with Crippen molar-refractivity contribution in [1.29, 1.82) is 0 Å². The number of methoxy groups -OCH3 is 1. The second-order valence-electron chi connectivity index (χ2n) is 5.71. The summed E-state index contributed by atoms with van der Waals surface area (Å²) in [6, 6.07) is 11.5. The van der Waals surface area contributed by atoms with Crippen LogP contribution >= 0.6 is 11.8 Å². The number of ether oxygens (including phenoxy) is 1. The molecule has 0 unspecified atom stereocenters. The van der Waals surface area contributed by atoms with Gasteiger partial charge in [-0.25, -0.2) is 18.5 Å². The van der Waals surface area contributed by atoms with Gasteiger partial charge in [-0.3, -0.25) is 4.79 Å². The molecule has 0 radical (unpaired) electrons. The summed E-state index contributed by atoms with van der Waals surface area (Å²) < 4.78 is 29.8. The molecule has 1 aromatic heterocycles. The van der Waals surface area contributed by atoms with Crippen LogP contribution in [-0.2, 0) is 21.9 Å². The number of thioether (sulfide) groups is 1. The predicted octanol–water partition coefficient (Wildman–Crippen LogP) is 1.96. The van der Waals surface area contributed by atoms with Gasteiger partial charge in [-0.15, -0.1) is 0 Å². The van der Waals surface area contributed by atoms with Crippen LogP contribution in [0.1, 0.15) is 0 Å². The molecular weight excluding hydrogens is 388 g/mol. The van der Waals surface area contributed by atoms with E-state index in [0.717, 1.165) is 5.52 Å². The standard InChI is InChI=1S/C17H18N4O4S2/c1-21-15-8-7-13(27(18,23)24)9-14(15)20-17(21)26-10-16(22)19-11-3-5-12(25-2)6-4-11/h3-9H,10H2,1-2H3,(H,19,22)(H2,18,23,24). The lowest BCUT2D eigenvalue weighted by molar-refractivity contribution is -0.113. The highest BCUT2D eigenvalue weighted by Gasteiger charge is 2.14. The minimum Gasteiger partial charge on any atom is -0.497 e. The van der Waals surface area contributed by atoms with E-state index in [0.29, 0.717) is 22.1 Å². The maximum atomic E-state index is 12.2. The number of hydrogen-bond donors (Lipinski definition) is 2. The zero-order valence-corrected chi connectivity index (χ0v) is 16.3. The monoisotopic (exact) mass is 406 g/mol. The fraction of sp³-hybridized carbons (Fsp3) is 0.176. The molecule has 0 aliphatic carbocycles. The fourth-order valence-electron chi connectivity index (χ4n) is 2.47. The van der Waals surface area contributed by atoms with Crippen LogP contribution < -0.4 is 15.2 Å². The molecule has 1 amide bonds. The van der Waals surface area contributed by atoms with Crippen molar-refractivity contribution in [2.75, 3.05) is 18.2 Å². The van der Waals surface area contributed by atoms with Crippen LogP contribution in [0.25, 0.3) is 11.0 Å². The maximum Gasteiger partial charge on any atom is 0.238 e. The molecule has 0 fully saturated rings. The Hall–Kier alpha value is -2.56. The Morgan fingerprint density at radius 2 is 1.96 bits per heavy atom. The van der Waals surface area contributed by atoms with Gasteiger partial charge >= 0.3 is 0 Å². The second kappa shape index (κ2) is 7.59. The van der Waals surface area contributed by atoms with E-state index in [4.69, 9.17) is 9.88 Å². The van der Waals surface area contributed by atoms with Crippen molar-refractivity contribution < 1.29 is 17.9 Å². The smallest absolute Gasteiger partial charge is 0.238 e. The Bertz CT molecular complexity index is 1090. The van der Waals surface area contributed by atoms with Crippen molar-refractivity contribution in [2.24, 2.45) is 12.2 Å². The van der Waals surface area contributed by atoms with Crippen molar-refractivity contribution in [1.82, 2.24) is 9.55 Å². The molecule has 3 N–H and O–H groups in total. The van der Waals surface area contributed by atoms with Crippen molar-refractivity contribution in [3.8, 4) is 5.75 Å². The molecule has 2 aromatic carbocycles. The Labute approximate surface area is 160 Å². The average Bonchev–Trinajstić information content (AvgIpc) is 2.95. The maximum absolute atomic E-state index is 12.2. The van der Waals surface area contributed by atoms with Crippen molar-refractivity contribution >= 4 is 44.4 Å². The number of sulfonamides is 1. The molecule has 0 atom stereocenters. The van der Waals surface area contributed by atoms with Crippen LogP contribution in [0, 0.1) is 0 Å². The highest BCUT2D eigenvalue weighted by molar-refractivity contribution is 7.99. The van der Waals surface area contributed by atoms with Gasteiger partial charge in [0.05, 0.1) is 28.8 Å². The van der Waals surface area contributed by atoms with E-state index in [1.54, 1.807) is 49.1 Å². The van der Waals surface area contributed by atoms with Crippen molar-refractivity contribution in [3.05, 3.63) is 42.5 Å². The van der Waals surface area contributed by atoms with Crippen LogP contribution in [0.4, 0.5) is 5.69 Å². The number of aromatic nitrogens is 2. The molecule has 0 saturated heterocycles. The van der Waals surface area contributed by atoms with Crippen LogP contribution in [0.15, 0.2) is 52.5 Å². The summed E-state index contributed by atoms with van der Waals surface area (Å²) >= 11 is 1.26. The first-order valence-electron chi connectivity index (χ1n) is 7.84. The first-order chi connectivity index (χ1) is 12.8. The van der Waals surface area contributed by atoms with E-state index in [9.17, 15) is 13.2 Å². The van der Waals surface area contributed by atoms with Gasteiger partial charge in [0.2, 0.25) is 15.9 Å². The number of aryl methyl sites for hydroxylation is 1. The Kier molecular flexibility index (Phi) is 5.40. The Morgan fingerprint density at radius 1 is 1.26 bits per heavy atom. The third-order valence-electron chi connectivity index (χ3n) is 3.85. The van der Waals surface area contributed by atoms with Crippen molar-refractivity contribution in [3.63, 3.8) is 0 Å². The summed E-state index contributed by atoms with van der Waals surface area (Å²) in [5, 5.41) is 8.55. The molecule has 0 saturated carbocycles. The number of carbonyl (C=O) groups excluding carboxylic acids is 1. The van der Waals surface area contributed by atoms with Crippen molar-refractivity contribution in [2.45, 2.75) is 10.1 Å². The molecule has 0 spiro atoms. The number of hydrogen-bond acceptors (Lipinski definition) is 6. The molecule has 8 nitrogen and oxygen atoms in total. The predicted molar refractivity (Wildman–Crippen MR) is 104 cm³/mol. The van der Waals surface area contributed by atoms with Crippen LogP contribution in [0.3, 0.4) is 0 Å². The average molecular weight is 406 g/mol. The summed E-state index contributed by atoms with van der Waals surface area (Å²) in [5.74, 6) is 0.689. The highest BCUT2D eigenvalue weighted by Crippen LogP contribution is 2.25. The van der Waals surface area contributed by atoms with Crippen LogP contribution in [0.2, 0.25) is 0 Å². The van der Waals surface area contributed by atoms with Crippen LogP contribution in [-0.4, -0.2) is 36.7 Å². The lowest BCUT2D eigenvalue weighted by atomic mass is 10.3. The normalized spacial score (nSPS) is 11.5. The van der Waals surface area contributed by atoms with Gasteiger partial charge in [-0.1, -0.05) is 11.8 Å². The second-order valence-corrected chi connectivity index (χ2v) is 8.22. The van der Waals surface area contributed by atoms with Gasteiger partial charge in [0, 0.05) is 12.7 Å². The van der Waals surface area contributed by atoms with Gasteiger partial charge < -0.3 is 14.6 Å². The first kappa shape index (κ1) is 19.2. The third kappa shape index (κ3) is 4.41. The molecule has 0 bridgehead atoms. The minimum atomic E-state index is -3.79. The number of nitrogens with two attached hydrogens (primary N) is 1. The summed E-state index contributed by atoms with van der Waals surface area (Å²) in [7, 11) is -0.415. The van der Waals surface area contributed by atoms with Gasteiger partial charge in [0.1, 0.15) is 5.75 Å². The fourth-order valence-corrected chi connectivity index (χ4v) is 3.79. The van der Waals surface area contributed by atoms with E-state index in [1.807, 2.05) is 0 Å². The zero-order valence-electron chi connectivity index (χ0n) is 14.7. The molecule has 3 aromatic rings. The number of nitrogens with one attached hydrogen (secondary N) is 1. The summed E-state index contributed by atoms with van der Waals surface area (Å²) in [4.78, 5) is 16.6. The summed E-state index contributed by atoms with van der Waals surface area (Å²) in [6.45, 7) is 0. The largest absolute Gasteiger partial charge is 0.497 e. The van der Waals surface area contributed by atoms with Gasteiger partial charge in [0.25, 0.3) is 0 Å². The van der Waals surface area contributed by atoms with Gasteiger partial charge in [-0.2, -0.15) is 0 Å². The molecule has 10 heteroatoms. The number of anilines is 1. The number of fused-ring (bicyclic) bond motifs is 1. The highest BCUT2D eigenvalue weighted by atomic mass is 32.2. The third-order valence-corrected chi connectivity index (χ3v) is 5.79. The van der Waals surface area contributed by atoms with E-state index in [-0.39, 0.29) is 16.6 Å². The molecule has 1 heterocycles. The number of amides is 1. The van der Waals surface area contributed by atoms with Crippen LogP contribution in [0.5, 0.6) is 5.75 Å². The molecule has 27 heavy (non-hydrogen) atoms. The van der Waals surface area contributed by atoms with Gasteiger partial charge in [-0.05, 0) is 42.5 Å². The first-order valence-corrected chi connectivity index (χ1v) is 10.4. The summed E-state index contributed by atoms with van der Waals surface area (Å²) in [6.07, 6.45) is 0. The zero-order chi connectivity index (χ0) is 19.6. The number of carbonyl (C=O) groups is 1. The van der Waals surface area contributed by atoms with E-state index in [1.165, 1.54) is 23.9 Å². The van der Waals surface area contributed by atoms with Gasteiger partial charge in [0.15, 0.2) is 5.16 Å². The molecular formula is C17H18N4O4S2. The number of primary sulfonamides is 1. The number of nitrogens with zero attached hydrogens (tertiary/aromatic N) is 2. The molecule has 3 rings (SSSR count). The lowest BCUT2D eigenvalue weighted by Crippen LogP contribution is -2.14. The molecule has 0 aliphatic heterocycles. The van der Waals surface area contributed by atoms with E-state index >= 15 is 0 Å². The number of benzene rings is 2. The molecule has 0 aliphatic rings. The minimum absolute atomic E-state index is 0.00176. The van der Waals surface area contributed by atoms with E-state index in [2.05, 4.69) is 10.3 Å². The molecule has 142 valence electrons. The topological polar surface area (TPSA) is 116 Å². The number of imidazole rings is 1. The lowest BCUT2D eigenvalue weighted by Gasteiger charge is -2.06. The Morgan fingerprint density at radius 3 is 2.59 bits per heavy atom. The number of rotatable bonds is 6. The SMILES string of the molecule is COc1ccc(NC(=O)CSc2nc3cc(S(N)(=O)=O)ccc3n2C)cc1.